The summed E-state index contributed by atoms with van der Waals surface area (Å²) in [6.07, 6.45) is -2.26. The topological polar surface area (TPSA) is 84.2 Å². The standard InChI is InChI=1S/C15H14F3N3O3/c1-14(2,13(23)24)21-8-9(7-19-21)20-12(22)10-5-3-4-6-11(10)15(16,17)18/h3-8H,1-2H3,(H,20,22)(H,23,24). The number of hydrogen-bond acceptors (Lipinski definition) is 3. The summed E-state index contributed by atoms with van der Waals surface area (Å²) in [5.74, 6) is -2.11. The molecule has 0 atom stereocenters. The number of carboxylic acid groups (broad SMARTS) is 1. The first-order chi connectivity index (χ1) is 11.0. The van der Waals surface area contributed by atoms with E-state index in [9.17, 15) is 22.8 Å². The van der Waals surface area contributed by atoms with E-state index in [-0.39, 0.29) is 5.69 Å². The van der Waals surface area contributed by atoms with Gasteiger partial charge in [0.2, 0.25) is 0 Å². The van der Waals surface area contributed by atoms with E-state index >= 15 is 0 Å². The number of benzene rings is 1. The molecule has 0 unspecified atom stereocenters. The lowest BCUT2D eigenvalue weighted by Gasteiger charge is -2.19. The molecule has 0 fully saturated rings. The van der Waals surface area contributed by atoms with Crippen LogP contribution in [0.1, 0.15) is 29.8 Å². The summed E-state index contributed by atoms with van der Waals surface area (Å²) in [5.41, 5.74) is -2.87. The molecule has 0 saturated carbocycles. The van der Waals surface area contributed by atoms with Gasteiger partial charge >= 0.3 is 12.1 Å². The third-order valence-electron chi connectivity index (χ3n) is 3.41. The SMILES string of the molecule is CC(C)(C(=O)O)n1cc(NC(=O)c2ccccc2C(F)(F)F)cn1. The molecule has 0 saturated heterocycles. The lowest BCUT2D eigenvalue weighted by Crippen LogP contribution is -2.35. The largest absolute Gasteiger partial charge is 0.479 e. The summed E-state index contributed by atoms with van der Waals surface area (Å²) in [6.45, 7) is 2.79. The van der Waals surface area contributed by atoms with E-state index in [1.807, 2.05) is 0 Å². The summed E-state index contributed by atoms with van der Waals surface area (Å²) in [4.78, 5) is 23.3. The minimum absolute atomic E-state index is 0.0892. The highest BCUT2D eigenvalue weighted by Crippen LogP contribution is 2.32. The van der Waals surface area contributed by atoms with Crippen LogP contribution in [0.2, 0.25) is 0 Å². The van der Waals surface area contributed by atoms with Crippen molar-refractivity contribution in [2.45, 2.75) is 25.6 Å². The third-order valence-corrected chi connectivity index (χ3v) is 3.41. The number of rotatable bonds is 4. The van der Waals surface area contributed by atoms with E-state index in [4.69, 9.17) is 5.11 Å². The van der Waals surface area contributed by atoms with Crippen LogP contribution < -0.4 is 5.32 Å². The number of carbonyl (C=O) groups excluding carboxylic acids is 1. The molecule has 0 spiro atoms. The number of halogens is 3. The second kappa shape index (κ2) is 5.99. The second-order valence-corrected chi connectivity index (χ2v) is 5.54. The van der Waals surface area contributed by atoms with Gasteiger partial charge in [-0.05, 0) is 26.0 Å². The monoisotopic (exact) mass is 341 g/mol. The molecule has 0 radical (unpaired) electrons. The third kappa shape index (κ3) is 3.39. The molecule has 24 heavy (non-hydrogen) atoms. The van der Waals surface area contributed by atoms with Crippen molar-refractivity contribution in [2.24, 2.45) is 0 Å². The van der Waals surface area contributed by atoms with Crippen LogP contribution in [0.4, 0.5) is 18.9 Å². The van der Waals surface area contributed by atoms with Gasteiger partial charge in [0.1, 0.15) is 0 Å². The zero-order chi connectivity index (χ0) is 18.1. The van der Waals surface area contributed by atoms with E-state index in [0.29, 0.717) is 0 Å². The average molecular weight is 341 g/mol. The van der Waals surface area contributed by atoms with Gasteiger partial charge in [0.05, 0.1) is 23.0 Å². The zero-order valence-electron chi connectivity index (χ0n) is 12.8. The maximum atomic E-state index is 12.9. The van der Waals surface area contributed by atoms with Gasteiger partial charge < -0.3 is 10.4 Å². The molecule has 1 aromatic carbocycles. The van der Waals surface area contributed by atoms with Crippen LogP contribution in [-0.2, 0) is 16.5 Å². The average Bonchev–Trinajstić information content (AvgIpc) is 2.95. The number of amides is 1. The van der Waals surface area contributed by atoms with E-state index < -0.39 is 34.7 Å². The Balaban J connectivity index is 2.27. The van der Waals surface area contributed by atoms with Crippen molar-refractivity contribution in [1.29, 1.82) is 0 Å². The summed E-state index contributed by atoms with van der Waals surface area (Å²) in [5, 5.41) is 15.2. The van der Waals surface area contributed by atoms with Crippen molar-refractivity contribution in [3.05, 3.63) is 47.8 Å². The minimum Gasteiger partial charge on any atom is -0.479 e. The van der Waals surface area contributed by atoms with Crippen LogP contribution in [0, 0.1) is 0 Å². The molecule has 128 valence electrons. The quantitative estimate of drug-likeness (QED) is 0.895. The van der Waals surface area contributed by atoms with Crippen molar-refractivity contribution < 1.29 is 27.9 Å². The van der Waals surface area contributed by atoms with Gasteiger partial charge in [-0.1, -0.05) is 12.1 Å². The highest BCUT2D eigenvalue weighted by Gasteiger charge is 2.35. The van der Waals surface area contributed by atoms with Gasteiger partial charge in [-0.15, -0.1) is 0 Å². The van der Waals surface area contributed by atoms with Gasteiger partial charge in [-0.25, -0.2) is 4.79 Å². The highest BCUT2D eigenvalue weighted by atomic mass is 19.4. The number of carboxylic acids is 1. The van der Waals surface area contributed by atoms with Crippen molar-refractivity contribution in [1.82, 2.24) is 9.78 Å². The molecule has 2 rings (SSSR count). The van der Waals surface area contributed by atoms with Gasteiger partial charge in [-0.3, -0.25) is 9.48 Å². The first-order valence-corrected chi connectivity index (χ1v) is 6.79. The Morgan fingerprint density at radius 2 is 1.83 bits per heavy atom. The number of anilines is 1. The van der Waals surface area contributed by atoms with Crippen LogP contribution in [-0.4, -0.2) is 26.8 Å². The van der Waals surface area contributed by atoms with Crippen molar-refractivity contribution in [3.63, 3.8) is 0 Å². The molecule has 0 aliphatic rings. The van der Waals surface area contributed by atoms with Crippen LogP contribution in [0.5, 0.6) is 0 Å². The Morgan fingerprint density at radius 1 is 1.21 bits per heavy atom. The molecule has 2 N–H and O–H groups in total. The van der Waals surface area contributed by atoms with Crippen molar-refractivity contribution in [3.8, 4) is 0 Å². The number of aromatic nitrogens is 2. The van der Waals surface area contributed by atoms with E-state index in [1.54, 1.807) is 0 Å². The molecule has 6 nitrogen and oxygen atoms in total. The number of hydrogen-bond donors (Lipinski definition) is 2. The molecule has 2 aromatic rings. The van der Waals surface area contributed by atoms with Gasteiger partial charge in [0.15, 0.2) is 5.54 Å². The first kappa shape index (κ1) is 17.5. The number of nitrogens with one attached hydrogen (secondary N) is 1. The van der Waals surface area contributed by atoms with Crippen molar-refractivity contribution in [2.75, 3.05) is 5.32 Å². The first-order valence-electron chi connectivity index (χ1n) is 6.79. The van der Waals surface area contributed by atoms with Crippen LogP contribution in [0.3, 0.4) is 0 Å². The van der Waals surface area contributed by atoms with Crippen LogP contribution in [0.15, 0.2) is 36.7 Å². The Morgan fingerprint density at radius 3 is 2.42 bits per heavy atom. The lowest BCUT2D eigenvalue weighted by molar-refractivity contribution is -0.146. The Kier molecular flexibility index (Phi) is 4.37. The highest BCUT2D eigenvalue weighted by molar-refractivity contribution is 6.05. The smallest absolute Gasteiger partial charge is 0.417 e. The summed E-state index contributed by atoms with van der Waals surface area (Å²) in [7, 11) is 0. The van der Waals surface area contributed by atoms with Gasteiger partial charge in [0, 0.05) is 6.20 Å². The Labute approximate surface area is 134 Å². The van der Waals surface area contributed by atoms with E-state index in [2.05, 4.69) is 10.4 Å². The second-order valence-electron chi connectivity index (χ2n) is 5.54. The summed E-state index contributed by atoms with van der Waals surface area (Å²) < 4.78 is 39.9. The number of aliphatic carboxylic acids is 1. The number of carbonyl (C=O) groups is 2. The maximum Gasteiger partial charge on any atom is 0.417 e. The molecule has 0 aliphatic heterocycles. The molecule has 1 heterocycles. The Bertz CT molecular complexity index is 782. The molecule has 0 bridgehead atoms. The zero-order valence-corrected chi connectivity index (χ0v) is 12.8. The molecule has 9 heteroatoms. The molecule has 1 amide bonds. The van der Waals surface area contributed by atoms with Crippen LogP contribution >= 0.6 is 0 Å². The summed E-state index contributed by atoms with van der Waals surface area (Å²) >= 11 is 0. The van der Waals surface area contributed by atoms with E-state index in [1.165, 1.54) is 38.4 Å². The predicted molar refractivity (Wildman–Crippen MR) is 78.6 cm³/mol. The van der Waals surface area contributed by atoms with E-state index in [0.717, 1.165) is 16.8 Å². The van der Waals surface area contributed by atoms with Crippen molar-refractivity contribution >= 4 is 17.6 Å². The fourth-order valence-corrected chi connectivity index (χ4v) is 1.92. The molecular weight excluding hydrogens is 327 g/mol. The molecular formula is C15H14F3N3O3. The number of nitrogens with zero attached hydrogens (tertiary/aromatic N) is 2. The minimum atomic E-state index is -4.66. The predicted octanol–water partition coefficient (Wildman–Crippen LogP) is 2.97. The lowest BCUT2D eigenvalue weighted by atomic mass is 10.1. The summed E-state index contributed by atoms with van der Waals surface area (Å²) in [6, 6.07) is 4.38. The Hall–Kier alpha value is -2.84. The van der Waals surface area contributed by atoms with Crippen LogP contribution in [0.25, 0.3) is 0 Å². The fourth-order valence-electron chi connectivity index (χ4n) is 1.92. The van der Waals surface area contributed by atoms with Gasteiger partial charge in [-0.2, -0.15) is 18.3 Å². The molecule has 1 aromatic heterocycles. The normalized spacial score (nSPS) is 12.0. The molecule has 0 aliphatic carbocycles. The maximum absolute atomic E-state index is 12.9. The fraction of sp³-hybridized carbons (Fsp3) is 0.267. The van der Waals surface area contributed by atoms with Gasteiger partial charge in [0.25, 0.3) is 5.91 Å². The number of alkyl halides is 3.